The van der Waals surface area contributed by atoms with E-state index in [0.717, 1.165) is 4.47 Å². The van der Waals surface area contributed by atoms with Gasteiger partial charge in [-0.1, -0.05) is 15.9 Å². The molecule has 0 bridgehead atoms. The van der Waals surface area contributed by atoms with Gasteiger partial charge >= 0.3 is 5.97 Å². The van der Waals surface area contributed by atoms with E-state index in [9.17, 15) is 9.90 Å². The van der Waals surface area contributed by atoms with E-state index in [-0.39, 0.29) is 12.3 Å². The Morgan fingerprint density at radius 3 is 2.87 bits per heavy atom. The van der Waals surface area contributed by atoms with Gasteiger partial charge in [0.05, 0.1) is 13.0 Å². The van der Waals surface area contributed by atoms with Crippen LogP contribution in [-0.2, 0) is 9.53 Å². The van der Waals surface area contributed by atoms with Crippen LogP contribution in [0.4, 0.5) is 0 Å². The molecule has 0 saturated heterocycles. The first-order valence-corrected chi connectivity index (χ1v) is 5.15. The molecule has 5 heteroatoms. The first-order valence-electron chi connectivity index (χ1n) is 4.36. The number of benzene rings is 1. The SMILES string of the molecule is COC(=O)C(CN)c1cc(O)ccc1Br. The molecule has 82 valence electrons. The zero-order chi connectivity index (χ0) is 11.4. The molecule has 1 aromatic carbocycles. The van der Waals surface area contributed by atoms with Gasteiger partial charge in [-0.2, -0.15) is 0 Å². The fourth-order valence-corrected chi connectivity index (χ4v) is 1.81. The third kappa shape index (κ3) is 2.70. The number of rotatable bonds is 3. The Labute approximate surface area is 96.2 Å². The van der Waals surface area contributed by atoms with Crippen molar-refractivity contribution in [2.45, 2.75) is 5.92 Å². The van der Waals surface area contributed by atoms with Crippen LogP contribution in [0, 0.1) is 0 Å². The molecule has 0 aromatic heterocycles. The molecule has 15 heavy (non-hydrogen) atoms. The predicted octanol–water partition coefficient (Wildman–Crippen LogP) is 1.37. The summed E-state index contributed by atoms with van der Waals surface area (Å²) in [5.41, 5.74) is 6.13. The molecule has 0 fully saturated rings. The van der Waals surface area contributed by atoms with Crippen molar-refractivity contribution in [3.8, 4) is 5.75 Å². The van der Waals surface area contributed by atoms with Gasteiger partial charge in [0.25, 0.3) is 0 Å². The van der Waals surface area contributed by atoms with Crippen LogP contribution in [0.2, 0.25) is 0 Å². The smallest absolute Gasteiger partial charge is 0.314 e. The highest BCUT2D eigenvalue weighted by molar-refractivity contribution is 9.10. The second-order valence-electron chi connectivity index (χ2n) is 3.02. The summed E-state index contributed by atoms with van der Waals surface area (Å²) >= 11 is 3.29. The molecular formula is C10H12BrNO3. The maximum absolute atomic E-state index is 11.4. The Morgan fingerprint density at radius 2 is 2.33 bits per heavy atom. The van der Waals surface area contributed by atoms with Crippen molar-refractivity contribution in [3.05, 3.63) is 28.2 Å². The maximum atomic E-state index is 11.4. The highest BCUT2D eigenvalue weighted by Crippen LogP contribution is 2.28. The molecule has 0 radical (unpaired) electrons. The standard InChI is InChI=1S/C10H12BrNO3/c1-15-10(14)8(5-12)7-4-6(13)2-3-9(7)11/h2-4,8,13H,5,12H2,1H3. The molecule has 0 amide bonds. The molecular weight excluding hydrogens is 262 g/mol. The minimum Gasteiger partial charge on any atom is -0.508 e. The van der Waals surface area contributed by atoms with Gasteiger partial charge in [-0.05, 0) is 23.8 Å². The zero-order valence-corrected chi connectivity index (χ0v) is 9.82. The van der Waals surface area contributed by atoms with Crippen LogP contribution in [0.15, 0.2) is 22.7 Å². The van der Waals surface area contributed by atoms with E-state index in [4.69, 9.17) is 5.73 Å². The summed E-state index contributed by atoms with van der Waals surface area (Å²) in [7, 11) is 1.31. The number of halogens is 1. The number of carbonyl (C=O) groups is 1. The molecule has 1 atom stereocenters. The third-order valence-electron chi connectivity index (χ3n) is 2.08. The summed E-state index contributed by atoms with van der Waals surface area (Å²) in [6.45, 7) is 0.134. The largest absolute Gasteiger partial charge is 0.508 e. The fourth-order valence-electron chi connectivity index (χ4n) is 1.29. The van der Waals surface area contributed by atoms with Gasteiger partial charge < -0.3 is 15.6 Å². The second-order valence-corrected chi connectivity index (χ2v) is 3.87. The van der Waals surface area contributed by atoms with Crippen LogP contribution < -0.4 is 5.73 Å². The molecule has 1 unspecified atom stereocenters. The average Bonchev–Trinajstić information content (AvgIpc) is 2.23. The number of esters is 1. The van der Waals surface area contributed by atoms with Crippen molar-refractivity contribution in [2.24, 2.45) is 5.73 Å². The molecule has 0 aliphatic heterocycles. The highest BCUT2D eigenvalue weighted by atomic mass is 79.9. The summed E-state index contributed by atoms with van der Waals surface area (Å²) in [6.07, 6.45) is 0. The minimum absolute atomic E-state index is 0.0931. The van der Waals surface area contributed by atoms with E-state index >= 15 is 0 Å². The molecule has 0 spiro atoms. The van der Waals surface area contributed by atoms with Gasteiger partial charge in [-0.3, -0.25) is 4.79 Å². The van der Waals surface area contributed by atoms with Crippen LogP contribution in [0.1, 0.15) is 11.5 Å². The number of nitrogens with two attached hydrogens (primary N) is 1. The number of hydrogen-bond donors (Lipinski definition) is 2. The van der Waals surface area contributed by atoms with Crippen LogP contribution in [0.5, 0.6) is 5.75 Å². The van der Waals surface area contributed by atoms with E-state index in [2.05, 4.69) is 20.7 Å². The van der Waals surface area contributed by atoms with E-state index in [1.165, 1.54) is 19.2 Å². The number of carbonyl (C=O) groups excluding carboxylic acids is 1. The quantitative estimate of drug-likeness (QED) is 0.816. The van der Waals surface area contributed by atoms with Crippen LogP contribution in [0.3, 0.4) is 0 Å². The molecule has 0 saturated carbocycles. The van der Waals surface area contributed by atoms with Crippen molar-refractivity contribution in [2.75, 3.05) is 13.7 Å². The summed E-state index contributed by atoms with van der Waals surface area (Å²) in [5.74, 6) is -0.879. The lowest BCUT2D eigenvalue weighted by molar-refractivity contribution is -0.142. The predicted molar refractivity (Wildman–Crippen MR) is 59.6 cm³/mol. The van der Waals surface area contributed by atoms with E-state index in [0.29, 0.717) is 5.56 Å². The number of methoxy groups -OCH3 is 1. The first kappa shape index (κ1) is 12.0. The lowest BCUT2D eigenvalue weighted by atomic mass is 9.99. The Morgan fingerprint density at radius 1 is 1.67 bits per heavy atom. The first-order chi connectivity index (χ1) is 7.10. The van der Waals surface area contributed by atoms with Gasteiger partial charge in [0.2, 0.25) is 0 Å². The summed E-state index contributed by atoms with van der Waals surface area (Å²) in [4.78, 5) is 11.4. The van der Waals surface area contributed by atoms with Crippen molar-refractivity contribution >= 4 is 21.9 Å². The maximum Gasteiger partial charge on any atom is 0.314 e. The average molecular weight is 274 g/mol. The molecule has 1 rings (SSSR count). The summed E-state index contributed by atoms with van der Waals surface area (Å²) < 4.78 is 5.35. The van der Waals surface area contributed by atoms with Gasteiger partial charge in [0.15, 0.2) is 0 Å². The lowest BCUT2D eigenvalue weighted by Gasteiger charge is -2.14. The summed E-state index contributed by atoms with van der Waals surface area (Å²) in [5, 5.41) is 9.32. The Kier molecular flexibility index (Phi) is 4.11. The lowest BCUT2D eigenvalue weighted by Crippen LogP contribution is -2.23. The van der Waals surface area contributed by atoms with Crippen molar-refractivity contribution < 1.29 is 14.6 Å². The second kappa shape index (κ2) is 5.14. The molecule has 0 heterocycles. The fraction of sp³-hybridized carbons (Fsp3) is 0.300. The van der Waals surface area contributed by atoms with Gasteiger partial charge in [-0.25, -0.2) is 0 Å². The Bertz CT molecular complexity index is 368. The van der Waals surface area contributed by atoms with Crippen molar-refractivity contribution in [3.63, 3.8) is 0 Å². The van der Waals surface area contributed by atoms with Crippen LogP contribution in [0.25, 0.3) is 0 Å². The summed E-state index contributed by atoms with van der Waals surface area (Å²) in [6, 6.07) is 4.69. The third-order valence-corrected chi connectivity index (χ3v) is 2.80. The zero-order valence-electron chi connectivity index (χ0n) is 8.24. The topological polar surface area (TPSA) is 72.5 Å². The van der Waals surface area contributed by atoms with Crippen LogP contribution in [-0.4, -0.2) is 24.7 Å². The molecule has 1 aromatic rings. The molecule has 0 aliphatic carbocycles. The van der Waals surface area contributed by atoms with E-state index in [1.807, 2.05) is 0 Å². The highest BCUT2D eigenvalue weighted by Gasteiger charge is 2.22. The number of hydrogen-bond acceptors (Lipinski definition) is 4. The van der Waals surface area contributed by atoms with Gasteiger partial charge in [0, 0.05) is 11.0 Å². The van der Waals surface area contributed by atoms with Crippen LogP contribution >= 0.6 is 15.9 Å². The monoisotopic (exact) mass is 273 g/mol. The molecule has 4 nitrogen and oxygen atoms in total. The van der Waals surface area contributed by atoms with Gasteiger partial charge in [-0.15, -0.1) is 0 Å². The Hall–Kier alpha value is -1.07. The molecule has 0 aliphatic rings. The number of phenolic OH excluding ortho intramolecular Hbond substituents is 1. The number of aromatic hydroxyl groups is 1. The van der Waals surface area contributed by atoms with E-state index in [1.54, 1.807) is 6.07 Å². The number of ether oxygens (including phenoxy) is 1. The van der Waals surface area contributed by atoms with E-state index < -0.39 is 11.9 Å². The number of phenols is 1. The van der Waals surface area contributed by atoms with Gasteiger partial charge in [0.1, 0.15) is 5.75 Å². The Balaban J connectivity index is 3.11. The van der Waals surface area contributed by atoms with Crippen molar-refractivity contribution in [1.82, 2.24) is 0 Å². The normalized spacial score (nSPS) is 12.2. The minimum atomic E-state index is -0.559. The molecule has 3 N–H and O–H groups in total. The van der Waals surface area contributed by atoms with Crippen molar-refractivity contribution in [1.29, 1.82) is 0 Å².